The van der Waals surface area contributed by atoms with Gasteiger partial charge in [-0.1, -0.05) is 29.8 Å². The van der Waals surface area contributed by atoms with Crippen molar-refractivity contribution in [1.82, 2.24) is 10.3 Å². The second-order valence-electron chi connectivity index (χ2n) is 5.29. The molecule has 0 radical (unpaired) electrons. The molecule has 0 saturated heterocycles. The van der Waals surface area contributed by atoms with Gasteiger partial charge < -0.3 is 9.73 Å². The monoisotopic (exact) mass is 316 g/mol. The Hall–Kier alpha value is -0.840. The minimum Gasteiger partial charge on any atom is -0.436 e. The van der Waals surface area contributed by atoms with Crippen LogP contribution in [-0.2, 0) is 0 Å². The Morgan fingerprint density at radius 3 is 2.61 bits per heavy atom. The summed E-state index contributed by atoms with van der Waals surface area (Å²) < 4.78 is 5.29. The van der Waals surface area contributed by atoms with Crippen molar-refractivity contribution in [3.8, 4) is 0 Å². The molecule has 1 amide bonds. The SMILES string of the molecule is Cc1nc(C)c(C(=O)NCC(C)(C)CCCBr)o1. The number of alkyl halides is 1. The van der Waals surface area contributed by atoms with E-state index in [1.54, 1.807) is 13.8 Å². The van der Waals surface area contributed by atoms with Crippen LogP contribution < -0.4 is 5.32 Å². The second-order valence-corrected chi connectivity index (χ2v) is 6.08. The average molecular weight is 317 g/mol. The van der Waals surface area contributed by atoms with Gasteiger partial charge in [-0.2, -0.15) is 0 Å². The molecule has 0 spiro atoms. The maximum absolute atomic E-state index is 11.9. The van der Waals surface area contributed by atoms with Crippen molar-refractivity contribution in [2.75, 3.05) is 11.9 Å². The quantitative estimate of drug-likeness (QED) is 0.820. The third-order valence-electron chi connectivity index (χ3n) is 2.82. The van der Waals surface area contributed by atoms with Crippen LogP contribution >= 0.6 is 15.9 Å². The zero-order chi connectivity index (χ0) is 13.8. The summed E-state index contributed by atoms with van der Waals surface area (Å²) >= 11 is 3.42. The fourth-order valence-corrected chi connectivity index (χ4v) is 2.06. The van der Waals surface area contributed by atoms with Crippen LogP contribution in [0, 0.1) is 19.3 Å². The first-order chi connectivity index (χ1) is 8.35. The van der Waals surface area contributed by atoms with E-state index in [-0.39, 0.29) is 11.3 Å². The summed E-state index contributed by atoms with van der Waals surface area (Å²) in [6, 6.07) is 0. The van der Waals surface area contributed by atoms with Crippen LogP contribution in [0.4, 0.5) is 0 Å². The number of hydrogen-bond donors (Lipinski definition) is 1. The van der Waals surface area contributed by atoms with E-state index in [4.69, 9.17) is 4.42 Å². The van der Waals surface area contributed by atoms with Gasteiger partial charge in [0.15, 0.2) is 5.89 Å². The van der Waals surface area contributed by atoms with Crippen molar-refractivity contribution in [2.45, 2.75) is 40.5 Å². The van der Waals surface area contributed by atoms with Gasteiger partial charge in [-0.25, -0.2) is 4.98 Å². The molecule has 5 heteroatoms. The fourth-order valence-electron chi connectivity index (χ4n) is 1.78. The zero-order valence-electron chi connectivity index (χ0n) is 11.5. The Kier molecular flexibility index (Phi) is 5.38. The largest absolute Gasteiger partial charge is 0.436 e. The van der Waals surface area contributed by atoms with Gasteiger partial charge in [0, 0.05) is 18.8 Å². The Bertz CT molecular complexity index is 413. The van der Waals surface area contributed by atoms with E-state index in [0.29, 0.717) is 23.9 Å². The van der Waals surface area contributed by atoms with Gasteiger partial charge in [0.1, 0.15) is 0 Å². The lowest BCUT2D eigenvalue weighted by molar-refractivity contribution is 0.0904. The molecule has 0 aliphatic rings. The second kappa shape index (κ2) is 6.36. The zero-order valence-corrected chi connectivity index (χ0v) is 13.1. The number of nitrogens with one attached hydrogen (secondary N) is 1. The fraction of sp³-hybridized carbons (Fsp3) is 0.692. The minimum atomic E-state index is -0.181. The molecule has 0 aliphatic carbocycles. The predicted octanol–water partition coefficient (Wildman–Crippen LogP) is 3.22. The molecule has 1 rings (SSSR count). The van der Waals surface area contributed by atoms with Crippen molar-refractivity contribution in [3.05, 3.63) is 17.3 Å². The number of aryl methyl sites for hydroxylation is 2. The number of oxazole rings is 1. The molecule has 0 atom stereocenters. The summed E-state index contributed by atoms with van der Waals surface area (Å²) in [6.45, 7) is 8.45. The lowest BCUT2D eigenvalue weighted by atomic mass is 9.88. The lowest BCUT2D eigenvalue weighted by Crippen LogP contribution is -2.34. The summed E-state index contributed by atoms with van der Waals surface area (Å²) in [5.41, 5.74) is 0.732. The number of rotatable bonds is 6. The molecule has 1 heterocycles. The Morgan fingerprint density at radius 2 is 2.11 bits per heavy atom. The van der Waals surface area contributed by atoms with Gasteiger partial charge in [-0.3, -0.25) is 4.79 Å². The van der Waals surface area contributed by atoms with Gasteiger partial charge in [-0.05, 0) is 25.2 Å². The first kappa shape index (κ1) is 15.2. The maximum Gasteiger partial charge on any atom is 0.289 e. The molecule has 1 aromatic rings. The smallest absolute Gasteiger partial charge is 0.289 e. The molecule has 0 bridgehead atoms. The molecular weight excluding hydrogens is 296 g/mol. The van der Waals surface area contributed by atoms with Crippen LogP contribution in [0.5, 0.6) is 0 Å². The molecular formula is C13H21BrN2O2. The van der Waals surface area contributed by atoms with E-state index in [0.717, 1.165) is 18.2 Å². The molecule has 1 aromatic heterocycles. The van der Waals surface area contributed by atoms with Crippen LogP contribution in [0.15, 0.2) is 4.42 Å². The first-order valence-corrected chi connectivity index (χ1v) is 7.26. The number of carbonyl (C=O) groups excluding carboxylic acids is 1. The summed E-state index contributed by atoms with van der Waals surface area (Å²) in [5, 5.41) is 3.91. The molecule has 0 fully saturated rings. The molecule has 1 N–H and O–H groups in total. The summed E-state index contributed by atoms with van der Waals surface area (Å²) in [6.07, 6.45) is 2.16. The highest BCUT2D eigenvalue weighted by Gasteiger charge is 2.21. The van der Waals surface area contributed by atoms with Crippen LogP contribution in [-0.4, -0.2) is 22.8 Å². The maximum atomic E-state index is 11.9. The van der Waals surface area contributed by atoms with E-state index in [1.165, 1.54) is 0 Å². The summed E-state index contributed by atoms with van der Waals surface area (Å²) in [4.78, 5) is 16.0. The van der Waals surface area contributed by atoms with Crippen molar-refractivity contribution < 1.29 is 9.21 Å². The minimum absolute atomic E-state index is 0.0897. The van der Waals surface area contributed by atoms with Crippen LogP contribution in [0.1, 0.15) is 48.8 Å². The molecule has 102 valence electrons. The van der Waals surface area contributed by atoms with E-state index >= 15 is 0 Å². The van der Waals surface area contributed by atoms with E-state index in [1.807, 2.05) is 0 Å². The number of carbonyl (C=O) groups is 1. The van der Waals surface area contributed by atoms with Crippen molar-refractivity contribution in [3.63, 3.8) is 0 Å². The molecule has 0 saturated carbocycles. The first-order valence-electron chi connectivity index (χ1n) is 6.14. The van der Waals surface area contributed by atoms with Gasteiger partial charge in [0.25, 0.3) is 5.91 Å². The van der Waals surface area contributed by atoms with Crippen LogP contribution in [0.3, 0.4) is 0 Å². The predicted molar refractivity (Wildman–Crippen MR) is 75.1 cm³/mol. The number of aromatic nitrogens is 1. The Labute approximate surface area is 117 Å². The van der Waals surface area contributed by atoms with E-state index < -0.39 is 0 Å². The highest BCUT2D eigenvalue weighted by Crippen LogP contribution is 2.22. The number of hydrogen-bond acceptors (Lipinski definition) is 3. The van der Waals surface area contributed by atoms with Crippen molar-refractivity contribution in [2.24, 2.45) is 5.41 Å². The molecule has 0 aromatic carbocycles. The molecule has 4 nitrogen and oxygen atoms in total. The Balaban J connectivity index is 2.53. The Morgan fingerprint density at radius 1 is 1.44 bits per heavy atom. The number of nitrogens with zero attached hydrogens (tertiary/aromatic N) is 1. The van der Waals surface area contributed by atoms with Gasteiger partial charge >= 0.3 is 0 Å². The van der Waals surface area contributed by atoms with Crippen molar-refractivity contribution in [1.29, 1.82) is 0 Å². The number of halogens is 1. The lowest BCUT2D eigenvalue weighted by Gasteiger charge is -2.24. The van der Waals surface area contributed by atoms with Crippen LogP contribution in [0.2, 0.25) is 0 Å². The van der Waals surface area contributed by atoms with E-state index in [2.05, 4.69) is 40.1 Å². The van der Waals surface area contributed by atoms with Crippen LogP contribution in [0.25, 0.3) is 0 Å². The third kappa shape index (κ3) is 4.44. The number of amides is 1. The van der Waals surface area contributed by atoms with Crippen molar-refractivity contribution >= 4 is 21.8 Å². The molecule has 0 aliphatic heterocycles. The van der Waals surface area contributed by atoms with Gasteiger partial charge in [0.05, 0.1) is 5.69 Å². The summed E-state index contributed by atoms with van der Waals surface area (Å²) in [7, 11) is 0. The topological polar surface area (TPSA) is 55.1 Å². The third-order valence-corrected chi connectivity index (χ3v) is 3.39. The molecule has 0 unspecified atom stereocenters. The van der Waals surface area contributed by atoms with Gasteiger partial charge in [0.2, 0.25) is 5.76 Å². The van der Waals surface area contributed by atoms with E-state index in [9.17, 15) is 4.79 Å². The summed E-state index contributed by atoms with van der Waals surface area (Å²) in [5.74, 6) is 0.667. The average Bonchev–Trinajstić information content (AvgIpc) is 2.63. The standard InChI is InChI=1S/C13H21BrN2O2/c1-9-11(18-10(2)16-9)12(17)15-8-13(3,4)6-5-7-14/h5-8H2,1-4H3,(H,15,17). The van der Waals surface area contributed by atoms with Gasteiger partial charge in [-0.15, -0.1) is 0 Å². The normalized spacial score (nSPS) is 11.6. The molecule has 18 heavy (non-hydrogen) atoms. The highest BCUT2D eigenvalue weighted by atomic mass is 79.9. The highest BCUT2D eigenvalue weighted by molar-refractivity contribution is 9.09.